The molecule has 0 aromatic carbocycles. The van der Waals surface area contributed by atoms with Gasteiger partial charge in [0.05, 0.1) is 0 Å². The van der Waals surface area contributed by atoms with Crippen LogP contribution in [0.15, 0.2) is 0 Å². The number of thiol groups is 1. The molecule has 356 valence electrons. The molecule has 0 amide bonds. The first kappa shape index (κ1) is 59.4. The predicted molar refractivity (Wildman–Crippen MR) is 278 cm³/mol. The molecule has 0 aromatic heterocycles. The quantitative estimate of drug-likeness (QED) is 0.0458. The molecule has 0 radical (unpaired) electrons. The fourth-order valence-electron chi connectivity index (χ4n) is 9.73. The van der Waals surface area contributed by atoms with Crippen molar-refractivity contribution in [3.05, 3.63) is 0 Å². The summed E-state index contributed by atoms with van der Waals surface area (Å²) in [5.41, 5.74) is 0. The SMILES string of the molecule is CCCCCCCCCCCCCCCCCCCCCCCCCCCCCCCCCCCCCCCCCCCCCCCCCCCCCCCCCCS. The van der Waals surface area contributed by atoms with Crippen molar-refractivity contribution in [2.45, 2.75) is 366 Å². The summed E-state index contributed by atoms with van der Waals surface area (Å²) in [6.45, 7) is 2.31. The van der Waals surface area contributed by atoms with E-state index in [1.54, 1.807) is 0 Å². The van der Waals surface area contributed by atoms with Gasteiger partial charge in [0.2, 0.25) is 0 Å². The molecule has 0 aromatic rings. The second-order valence-electron chi connectivity index (χ2n) is 20.2. The molecule has 0 atom stereocenters. The monoisotopic (exact) mass is 847 g/mol. The standard InChI is InChI=1S/C58H118S/c1-2-3-4-5-6-7-8-9-10-11-12-13-14-15-16-17-18-19-20-21-22-23-24-25-26-27-28-29-30-31-32-33-34-35-36-37-38-39-40-41-42-43-44-45-46-47-48-49-50-51-52-53-54-55-56-57-58-59/h59H,2-58H2,1H3. The van der Waals surface area contributed by atoms with E-state index >= 15 is 0 Å². The number of unbranched alkanes of at least 4 members (excludes halogenated alkanes) is 55. The molecule has 59 heavy (non-hydrogen) atoms. The lowest BCUT2D eigenvalue weighted by Gasteiger charge is -2.05. The summed E-state index contributed by atoms with van der Waals surface area (Å²) in [4.78, 5) is 0. The second-order valence-corrected chi connectivity index (χ2v) is 20.6. The Kier molecular flexibility index (Phi) is 58.7. The molecule has 0 saturated carbocycles. The molecular weight excluding hydrogens is 729 g/mol. The average molecular weight is 848 g/mol. The summed E-state index contributed by atoms with van der Waals surface area (Å²) in [5.74, 6) is 1.07. The van der Waals surface area contributed by atoms with Crippen LogP contribution in [0.1, 0.15) is 366 Å². The van der Waals surface area contributed by atoms with Crippen LogP contribution in [0.25, 0.3) is 0 Å². The van der Waals surface area contributed by atoms with Gasteiger partial charge in [-0.15, -0.1) is 0 Å². The maximum Gasteiger partial charge on any atom is -0.00979 e. The van der Waals surface area contributed by atoms with Crippen molar-refractivity contribution < 1.29 is 0 Å². The molecule has 0 saturated heterocycles. The van der Waals surface area contributed by atoms with Crippen LogP contribution in [0, 0.1) is 0 Å². The van der Waals surface area contributed by atoms with Gasteiger partial charge in [0.15, 0.2) is 0 Å². The molecule has 0 N–H and O–H groups in total. The Morgan fingerprint density at radius 3 is 0.305 bits per heavy atom. The lowest BCUT2D eigenvalue weighted by Crippen LogP contribution is -1.85. The first-order chi connectivity index (χ1) is 29.4. The first-order valence-corrected chi connectivity index (χ1v) is 29.7. The van der Waals surface area contributed by atoms with Crippen molar-refractivity contribution in [2.24, 2.45) is 0 Å². The van der Waals surface area contributed by atoms with Crippen molar-refractivity contribution in [2.75, 3.05) is 5.75 Å². The zero-order valence-corrected chi connectivity index (χ0v) is 42.6. The highest BCUT2D eigenvalue weighted by Crippen LogP contribution is 2.19. The van der Waals surface area contributed by atoms with E-state index < -0.39 is 0 Å². The lowest BCUT2D eigenvalue weighted by molar-refractivity contribution is 0.507. The van der Waals surface area contributed by atoms with Crippen LogP contribution in [0.5, 0.6) is 0 Å². The molecular formula is C58H118S. The van der Waals surface area contributed by atoms with Gasteiger partial charge >= 0.3 is 0 Å². The van der Waals surface area contributed by atoms with E-state index in [4.69, 9.17) is 0 Å². The smallest absolute Gasteiger partial charge is 0.00979 e. The Balaban J connectivity index is 3.06. The molecule has 0 nitrogen and oxygen atoms in total. The van der Waals surface area contributed by atoms with Crippen molar-refractivity contribution in [3.63, 3.8) is 0 Å². The number of rotatable bonds is 56. The van der Waals surface area contributed by atoms with Crippen LogP contribution in [0.4, 0.5) is 0 Å². The maximum atomic E-state index is 4.30. The van der Waals surface area contributed by atoms with Crippen LogP contribution in [-0.2, 0) is 0 Å². The minimum Gasteiger partial charge on any atom is -0.179 e. The third-order valence-corrected chi connectivity index (χ3v) is 14.3. The van der Waals surface area contributed by atoms with Gasteiger partial charge in [-0.25, -0.2) is 0 Å². The van der Waals surface area contributed by atoms with Crippen molar-refractivity contribution in [1.82, 2.24) is 0 Å². The third-order valence-electron chi connectivity index (χ3n) is 14.0. The van der Waals surface area contributed by atoms with E-state index in [0.717, 1.165) is 5.75 Å². The van der Waals surface area contributed by atoms with E-state index in [0.29, 0.717) is 0 Å². The summed E-state index contributed by atoms with van der Waals surface area (Å²) < 4.78 is 0. The van der Waals surface area contributed by atoms with E-state index in [1.165, 1.54) is 360 Å². The molecule has 0 rings (SSSR count). The number of hydrogen-bond donors (Lipinski definition) is 1. The Morgan fingerprint density at radius 2 is 0.220 bits per heavy atom. The predicted octanol–water partition coefficient (Wildman–Crippen LogP) is 22.8. The van der Waals surface area contributed by atoms with Gasteiger partial charge in [0.1, 0.15) is 0 Å². The van der Waals surface area contributed by atoms with Gasteiger partial charge in [-0.2, -0.15) is 12.6 Å². The van der Waals surface area contributed by atoms with E-state index in [2.05, 4.69) is 19.6 Å². The van der Waals surface area contributed by atoms with Crippen molar-refractivity contribution in [1.29, 1.82) is 0 Å². The zero-order valence-electron chi connectivity index (χ0n) is 41.8. The molecule has 0 unspecified atom stereocenters. The zero-order chi connectivity index (χ0) is 42.3. The van der Waals surface area contributed by atoms with Crippen LogP contribution in [-0.4, -0.2) is 5.75 Å². The van der Waals surface area contributed by atoms with Crippen LogP contribution >= 0.6 is 12.6 Å². The Labute approximate surface area is 383 Å². The molecule has 0 aliphatic heterocycles. The Bertz CT molecular complexity index is 616. The fourth-order valence-corrected chi connectivity index (χ4v) is 9.95. The van der Waals surface area contributed by atoms with Crippen molar-refractivity contribution in [3.8, 4) is 0 Å². The van der Waals surface area contributed by atoms with Gasteiger partial charge in [-0.3, -0.25) is 0 Å². The van der Waals surface area contributed by atoms with Crippen molar-refractivity contribution >= 4 is 12.6 Å². The lowest BCUT2D eigenvalue weighted by atomic mass is 10.0. The Morgan fingerprint density at radius 1 is 0.136 bits per heavy atom. The molecule has 0 spiro atoms. The molecule has 0 fully saturated rings. The van der Waals surface area contributed by atoms with Crippen LogP contribution in [0.2, 0.25) is 0 Å². The van der Waals surface area contributed by atoms with Gasteiger partial charge in [0, 0.05) is 0 Å². The normalized spacial score (nSPS) is 11.7. The van der Waals surface area contributed by atoms with E-state index in [-0.39, 0.29) is 0 Å². The second kappa shape index (κ2) is 58.4. The minimum atomic E-state index is 1.07. The van der Waals surface area contributed by atoms with Gasteiger partial charge in [0.25, 0.3) is 0 Å². The molecule has 0 heterocycles. The van der Waals surface area contributed by atoms with Crippen LogP contribution < -0.4 is 0 Å². The average Bonchev–Trinajstić information content (AvgIpc) is 3.25. The summed E-state index contributed by atoms with van der Waals surface area (Å²) in [5, 5.41) is 0. The summed E-state index contributed by atoms with van der Waals surface area (Å²) in [6.07, 6.45) is 83.0. The summed E-state index contributed by atoms with van der Waals surface area (Å²) in [6, 6.07) is 0. The topological polar surface area (TPSA) is 0 Å². The molecule has 1 heteroatoms. The highest BCUT2D eigenvalue weighted by molar-refractivity contribution is 7.80. The van der Waals surface area contributed by atoms with Gasteiger partial charge in [-0.05, 0) is 12.2 Å². The molecule has 0 aliphatic carbocycles. The van der Waals surface area contributed by atoms with E-state index in [9.17, 15) is 0 Å². The third kappa shape index (κ3) is 58.4. The van der Waals surface area contributed by atoms with Gasteiger partial charge < -0.3 is 0 Å². The van der Waals surface area contributed by atoms with E-state index in [1.807, 2.05) is 0 Å². The Hall–Kier alpha value is 0.350. The molecule has 0 bridgehead atoms. The minimum absolute atomic E-state index is 1.07. The molecule has 0 aliphatic rings. The number of hydrogen-bond acceptors (Lipinski definition) is 1. The summed E-state index contributed by atoms with van der Waals surface area (Å²) >= 11 is 4.30. The van der Waals surface area contributed by atoms with Crippen LogP contribution in [0.3, 0.4) is 0 Å². The fraction of sp³-hybridized carbons (Fsp3) is 1.00. The largest absolute Gasteiger partial charge is 0.179 e. The highest BCUT2D eigenvalue weighted by Gasteiger charge is 1.99. The van der Waals surface area contributed by atoms with Gasteiger partial charge in [-0.1, -0.05) is 360 Å². The maximum absolute atomic E-state index is 4.30. The first-order valence-electron chi connectivity index (χ1n) is 29.0. The summed E-state index contributed by atoms with van der Waals surface area (Å²) in [7, 11) is 0. The highest BCUT2D eigenvalue weighted by atomic mass is 32.1.